The molecule has 18 heavy (non-hydrogen) atoms. The average molecular weight is 241 g/mol. The van der Waals surface area contributed by atoms with Gasteiger partial charge in [-0.25, -0.2) is 0 Å². The van der Waals surface area contributed by atoms with Gasteiger partial charge in [0.1, 0.15) is 6.29 Å². The molecular weight excluding hydrogens is 230 g/mol. The monoisotopic (exact) mass is 241 g/mol. The molecule has 0 fully saturated rings. The second-order valence-electron chi connectivity index (χ2n) is 3.92. The number of carbonyl (C=O) groups is 1. The normalized spacial score (nSPS) is 10.0. The van der Waals surface area contributed by atoms with Crippen molar-refractivity contribution < 1.29 is 9.72 Å². The lowest BCUT2D eigenvalue weighted by Crippen LogP contribution is -1.94. The van der Waals surface area contributed by atoms with Gasteiger partial charge in [0.2, 0.25) is 0 Å². The lowest BCUT2D eigenvalue weighted by molar-refractivity contribution is -0.384. The SMILES string of the molecule is O=Cc1ccccc1Cc1ccc([N+](=O)[O-])cc1. The van der Waals surface area contributed by atoms with Gasteiger partial charge < -0.3 is 0 Å². The molecule has 0 unspecified atom stereocenters. The van der Waals surface area contributed by atoms with E-state index in [1.165, 1.54) is 12.1 Å². The van der Waals surface area contributed by atoms with E-state index in [9.17, 15) is 14.9 Å². The van der Waals surface area contributed by atoms with Gasteiger partial charge in [0.25, 0.3) is 5.69 Å². The van der Waals surface area contributed by atoms with Crippen molar-refractivity contribution in [3.8, 4) is 0 Å². The number of hydrogen-bond acceptors (Lipinski definition) is 3. The molecule has 0 saturated heterocycles. The maximum Gasteiger partial charge on any atom is 0.269 e. The van der Waals surface area contributed by atoms with Crippen LogP contribution in [0.1, 0.15) is 21.5 Å². The van der Waals surface area contributed by atoms with Crippen molar-refractivity contribution in [3.05, 3.63) is 75.3 Å². The van der Waals surface area contributed by atoms with E-state index < -0.39 is 4.92 Å². The van der Waals surface area contributed by atoms with E-state index in [1.54, 1.807) is 18.2 Å². The minimum atomic E-state index is -0.427. The molecule has 90 valence electrons. The first kappa shape index (κ1) is 12.0. The first-order chi connectivity index (χ1) is 8.70. The molecule has 0 aliphatic rings. The molecule has 2 aromatic carbocycles. The second-order valence-corrected chi connectivity index (χ2v) is 3.92. The third-order valence-corrected chi connectivity index (χ3v) is 2.72. The lowest BCUT2D eigenvalue weighted by atomic mass is 10.0. The summed E-state index contributed by atoms with van der Waals surface area (Å²) in [6.45, 7) is 0. The van der Waals surface area contributed by atoms with Crippen molar-refractivity contribution in [3.63, 3.8) is 0 Å². The molecule has 0 N–H and O–H groups in total. The molecule has 0 amide bonds. The van der Waals surface area contributed by atoms with Gasteiger partial charge in [0, 0.05) is 17.7 Å². The second kappa shape index (κ2) is 5.23. The Morgan fingerprint density at radius 2 is 1.72 bits per heavy atom. The first-order valence-electron chi connectivity index (χ1n) is 5.47. The van der Waals surface area contributed by atoms with Crippen LogP contribution in [0, 0.1) is 10.1 Å². The largest absolute Gasteiger partial charge is 0.298 e. The van der Waals surface area contributed by atoms with Crippen LogP contribution < -0.4 is 0 Å². The highest BCUT2D eigenvalue weighted by molar-refractivity contribution is 5.77. The fraction of sp³-hybridized carbons (Fsp3) is 0.0714. The van der Waals surface area contributed by atoms with Crippen molar-refractivity contribution in [1.29, 1.82) is 0 Å². The number of benzene rings is 2. The smallest absolute Gasteiger partial charge is 0.269 e. The molecule has 4 heteroatoms. The zero-order valence-corrected chi connectivity index (χ0v) is 9.58. The predicted octanol–water partition coefficient (Wildman–Crippen LogP) is 3.00. The Hall–Kier alpha value is -2.49. The van der Waals surface area contributed by atoms with E-state index in [2.05, 4.69) is 0 Å². The molecule has 2 aromatic rings. The maximum atomic E-state index is 10.9. The van der Waals surface area contributed by atoms with Gasteiger partial charge in [-0.3, -0.25) is 14.9 Å². The van der Waals surface area contributed by atoms with Crippen LogP contribution >= 0.6 is 0 Å². The van der Waals surface area contributed by atoms with Crippen molar-refractivity contribution in [2.45, 2.75) is 6.42 Å². The van der Waals surface area contributed by atoms with Gasteiger partial charge in [0.05, 0.1) is 4.92 Å². The van der Waals surface area contributed by atoms with Gasteiger partial charge in [0.15, 0.2) is 0 Å². The number of nitro benzene ring substituents is 1. The Morgan fingerprint density at radius 3 is 2.33 bits per heavy atom. The molecule has 0 aliphatic heterocycles. The van der Waals surface area contributed by atoms with Crippen LogP contribution in [0.15, 0.2) is 48.5 Å². The van der Waals surface area contributed by atoms with Gasteiger partial charge >= 0.3 is 0 Å². The van der Waals surface area contributed by atoms with E-state index in [4.69, 9.17) is 0 Å². The van der Waals surface area contributed by atoms with Crippen LogP contribution in [0.5, 0.6) is 0 Å². The Morgan fingerprint density at radius 1 is 1.06 bits per heavy atom. The van der Waals surface area contributed by atoms with Crippen LogP contribution in [-0.2, 0) is 6.42 Å². The first-order valence-corrected chi connectivity index (χ1v) is 5.47. The molecule has 0 saturated carbocycles. The van der Waals surface area contributed by atoms with E-state index in [0.29, 0.717) is 12.0 Å². The van der Waals surface area contributed by atoms with E-state index in [1.807, 2.05) is 18.2 Å². The standard InChI is InChI=1S/C14H11NO3/c16-10-13-4-2-1-3-12(13)9-11-5-7-14(8-6-11)15(17)18/h1-8,10H,9H2. The van der Waals surface area contributed by atoms with Crippen molar-refractivity contribution in [2.75, 3.05) is 0 Å². The van der Waals surface area contributed by atoms with Gasteiger partial charge in [-0.15, -0.1) is 0 Å². The number of non-ortho nitro benzene ring substituents is 1. The highest BCUT2D eigenvalue weighted by atomic mass is 16.6. The summed E-state index contributed by atoms with van der Waals surface area (Å²) in [5, 5.41) is 10.5. The van der Waals surface area contributed by atoms with Crippen LogP contribution in [0.2, 0.25) is 0 Å². The Labute approximate surface area is 104 Å². The van der Waals surface area contributed by atoms with Crippen molar-refractivity contribution in [1.82, 2.24) is 0 Å². The molecular formula is C14H11NO3. The van der Waals surface area contributed by atoms with Crippen LogP contribution in [0.25, 0.3) is 0 Å². The summed E-state index contributed by atoms with van der Waals surface area (Å²) in [6.07, 6.45) is 1.41. The Kier molecular flexibility index (Phi) is 3.48. The lowest BCUT2D eigenvalue weighted by Gasteiger charge is -2.04. The summed E-state index contributed by atoms with van der Waals surface area (Å²) < 4.78 is 0. The van der Waals surface area contributed by atoms with E-state index >= 15 is 0 Å². The molecule has 0 bridgehead atoms. The third-order valence-electron chi connectivity index (χ3n) is 2.72. The fourth-order valence-corrected chi connectivity index (χ4v) is 1.77. The molecule has 0 heterocycles. The number of aldehydes is 1. The Bertz CT molecular complexity index is 576. The minimum absolute atomic E-state index is 0.0717. The molecule has 0 atom stereocenters. The summed E-state index contributed by atoms with van der Waals surface area (Å²) in [4.78, 5) is 21.0. The van der Waals surface area contributed by atoms with Gasteiger partial charge in [-0.1, -0.05) is 36.4 Å². The third kappa shape index (κ3) is 2.60. The van der Waals surface area contributed by atoms with E-state index in [-0.39, 0.29) is 5.69 Å². The number of carbonyl (C=O) groups excluding carboxylic acids is 1. The predicted molar refractivity (Wildman–Crippen MR) is 67.7 cm³/mol. The Balaban J connectivity index is 2.23. The quantitative estimate of drug-likeness (QED) is 0.469. The summed E-state index contributed by atoms with van der Waals surface area (Å²) >= 11 is 0. The van der Waals surface area contributed by atoms with Crippen molar-refractivity contribution >= 4 is 12.0 Å². The van der Waals surface area contributed by atoms with E-state index in [0.717, 1.165) is 17.4 Å². The molecule has 0 aromatic heterocycles. The van der Waals surface area contributed by atoms with Crippen LogP contribution in [0.4, 0.5) is 5.69 Å². The molecule has 0 radical (unpaired) electrons. The maximum absolute atomic E-state index is 10.9. The zero-order valence-electron chi connectivity index (χ0n) is 9.58. The number of hydrogen-bond donors (Lipinski definition) is 0. The van der Waals surface area contributed by atoms with Crippen molar-refractivity contribution in [2.24, 2.45) is 0 Å². The van der Waals surface area contributed by atoms with Gasteiger partial charge in [-0.2, -0.15) is 0 Å². The minimum Gasteiger partial charge on any atom is -0.298 e. The molecule has 2 rings (SSSR count). The number of nitrogens with zero attached hydrogens (tertiary/aromatic N) is 1. The summed E-state index contributed by atoms with van der Waals surface area (Å²) in [5.74, 6) is 0. The zero-order chi connectivity index (χ0) is 13.0. The molecule has 4 nitrogen and oxygen atoms in total. The molecule has 0 aliphatic carbocycles. The van der Waals surface area contributed by atoms with Crippen LogP contribution in [-0.4, -0.2) is 11.2 Å². The topological polar surface area (TPSA) is 60.2 Å². The fourth-order valence-electron chi connectivity index (χ4n) is 1.77. The highest BCUT2D eigenvalue weighted by Gasteiger charge is 2.06. The number of nitro groups is 1. The number of rotatable bonds is 4. The molecule has 0 spiro atoms. The average Bonchev–Trinajstić information content (AvgIpc) is 2.40. The summed E-state index contributed by atoms with van der Waals surface area (Å²) in [7, 11) is 0. The van der Waals surface area contributed by atoms with Crippen LogP contribution in [0.3, 0.4) is 0 Å². The van der Waals surface area contributed by atoms with Gasteiger partial charge in [-0.05, 0) is 17.5 Å². The summed E-state index contributed by atoms with van der Waals surface area (Å²) in [5.41, 5.74) is 2.58. The highest BCUT2D eigenvalue weighted by Crippen LogP contribution is 2.16. The summed E-state index contributed by atoms with van der Waals surface area (Å²) in [6, 6.07) is 13.7.